The van der Waals surface area contributed by atoms with Gasteiger partial charge in [0.25, 0.3) is 17.5 Å². The molecule has 6 atom stereocenters. The maximum absolute atomic E-state index is 15.4. The molecule has 0 bridgehead atoms. The third-order valence-electron chi connectivity index (χ3n) is 12.1. The van der Waals surface area contributed by atoms with Gasteiger partial charge in [0.2, 0.25) is 11.8 Å². The topological polar surface area (TPSA) is 159 Å². The van der Waals surface area contributed by atoms with Crippen molar-refractivity contribution >= 4 is 52.3 Å². The number of carbonyl (C=O) groups is 4. The van der Waals surface area contributed by atoms with Crippen LogP contribution in [0.3, 0.4) is 0 Å². The Morgan fingerprint density at radius 2 is 1.58 bits per heavy atom. The number of nitro groups is 1. The Morgan fingerprint density at radius 1 is 0.864 bits per heavy atom. The molecule has 2 N–H and O–H groups in total. The molecule has 14 heteroatoms. The highest BCUT2D eigenvalue weighted by Gasteiger charge is 2.70. The van der Waals surface area contributed by atoms with Crippen molar-refractivity contribution in [2.45, 2.75) is 30.8 Å². The number of nitro benzene ring substituents is 1. The first-order valence-corrected chi connectivity index (χ1v) is 19.3. The Balaban J connectivity index is 1.19. The second kappa shape index (κ2) is 14.5. The van der Waals surface area contributed by atoms with Crippen LogP contribution in [0.15, 0.2) is 133 Å². The molecule has 5 aromatic rings. The van der Waals surface area contributed by atoms with Crippen LogP contribution in [0.5, 0.6) is 11.5 Å². The maximum atomic E-state index is 15.4. The number of fused-ring (bicyclic) bond motifs is 4. The summed E-state index contributed by atoms with van der Waals surface area (Å²) < 4.78 is 20.0. The average Bonchev–Trinajstić information content (AvgIpc) is 3.62. The first-order chi connectivity index (χ1) is 28.5. The molecule has 0 spiro atoms. The summed E-state index contributed by atoms with van der Waals surface area (Å²) in [6, 6.07) is 31.2. The van der Waals surface area contributed by atoms with Gasteiger partial charge in [-0.05, 0) is 84.5 Å². The van der Waals surface area contributed by atoms with Crippen molar-refractivity contribution in [3.05, 3.63) is 171 Å². The van der Waals surface area contributed by atoms with Gasteiger partial charge in [-0.25, -0.2) is 4.39 Å². The van der Waals surface area contributed by atoms with Gasteiger partial charge in [-0.1, -0.05) is 71.8 Å². The van der Waals surface area contributed by atoms with Crippen LogP contribution < -0.4 is 15.1 Å². The molecule has 1 saturated carbocycles. The molecule has 2 aliphatic carbocycles. The molecule has 2 aliphatic heterocycles. The second-order valence-electron chi connectivity index (χ2n) is 15.2. The number of ether oxygens (including phenoxy) is 1. The van der Waals surface area contributed by atoms with E-state index in [1.165, 1.54) is 54.6 Å². The number of hydrazine groups is 1. The zero-order chi connectivity index (χ0) is 41.2. The molecule has 2 heterocycles. The van der Waals surface area contributed by atoms with E-state index in [1.807, 2.05) is 36.4 Å². The summed E-state index contributed by atoms with van der Waals surface area (Å²) in [5, 5.41) is 24.7. The fraction of sp³-hybridized carbons (Fsp3) is 0.200. The van der Waals surface area contributed by atoms with Gasteiger partial charge in [0.15, 0.2) is 0 Å². The fourth-order valence-electron chi connectivity index (χ4n) is 9.58. The van der Waals surface area contributed by atoms with Crippen molar-refractivity contribution < 1.29 is 38.3 Å². The number of hydrogen-bond donors (Lipinski definition) is 2. The quantitative estimate of drug-likeness (QED) is 0.0654. The van der Waals surface area contributed by atoms with Crippen molar-refractivity contribution in [1.82, 2.24) is 5.01 Å². The zero-order valence-corrected chi connectivity index (χ0v) is 31.8. The number of phenolic OH excluding ortho intramolecular Hbond substituents is 1. The maximum Gasteiger partial charge on any atom is 0.269 e. The van der Waals surface area contributed by atoms with Crippen LogP contribution in [-0.4, -0.2) is 38.7 Å². The van der Waals surface area contributed by atoms with Crippen molar-refractivity contribution in [2.75, 3.05) is 10.3 Å². The predicted octanol–water partition coefficient (Wildman–Crippen LogP) is 7.86. The van der Waals surface area contributed by atoms with Gasteiger partial charge in [0.05, 0.1) is 39.5 Å². The number of allylic oxidation sites excluding steroid dienone is 2. The summed E-state index contributed by atoms with van der Waals surface area (Å²) in [6.07, 6.45) is 1.94. The smallest absolute Gasteiger partial charge is 0.269 e. The molecule has 12 nitrogen and oxygen atoms in total. The molecule has 59 heavy (non-hydrogen) atoms. The lowest BCUT2D eigenvalue weighted by molar-refractivity contribution is -0.384. The highest BCUT2D eigenvalue weighted by atomic mass is 35.5. The zero-order valence-electron chi connectivity index (χ0n) is 31.0. The molecule has 3 fully saturated rings. The van der Waals surface area contributed by atoms with Gasteiger partial charge in [0, 0.05) is 34.7 Å². The minimum Gasteiger partial charge on any atom is -0.508 e. The number of amides is 4. The van der Waals surface area contributed by atoms with E-state index in [9.17, 15) is 34.0 Å². The number of nitrogens with one attached hydrogen (secondary N) is 1. The first-order valence-electron chi connectivity index (χ1n) is 19.0. The van der Waals surface area contributed by atoms with Crippen molar-refractivity contribution in [1.29, 1.82) is 0 Å². The van der Waals surface area contributed by atoms with Crippen molar-refractivity contribution in [3.63, 3.8) is 0 Å². The van der Waals surface area contributed by atoms with Crippen LogP contribution >= 0.6 is 11.6 Å². The van der Waals surface area contributed by atoms with E-state index in [4.69, 9.17) is 16.3 Å². The van der Waals surface area contributed by atoms with E-state index in [1.54, 1.807) is 36.4 Å². The Morgan fingerprint density at radius 3 is 2.25 bits per heavy atom. The number of benzene rings is 5. The van der Waals surface area contributed by atoms with E-state index >= 15 is 4.79 Å². The lowest BCUT2D eigenvalue weighted by Gasteiger charge is -2.50. The van der Waals surface area contributed by atoms with Crippen LogP contribution in [0.2, 0.25) is 5.02 Å². The molecule has 5 aromatic carbocycles. The lowest BCUT2D eigenvalue weighted by atomic mass is 9.49. The monoisotopic (exact) mass is 812 g/mol. The van der Waals surface area contributed by atoms with Crippen LogP contribution in [0.25, 0.3) is 0 Å². The van der Waals surface area contributed by atoms with Crippen molar-refractivity contribution in [2.24, 2.45) is 23.7 Å². The van der Waals surface area contributed by atoms with Crippen LogP contribution in [0, 0.1) is 39.6 Å². The number of imide groups is 2. The van der Waals surface area contributed by atoms with E-state index in [0.717, 1.165) is 15.5 Å². The third kappa shape index (κ3) is 6.11. The molecule has 4 amide bonds. The predicted molar refractivity (Wildman–Crippen MR) is 213 cm³/mol. The summed E-state index contributed by atoms with van der Waals surface area (Å²) in [5.41, 5.74) is 3.66. The molecule has 296 valence electrons. The van der Waals surface area contributed by atoms with E-state index in [0.29, 0.717) is 27.5 Å². The third-order valence-corrected chi connectivity index (χ3v) is 12.4. The molecular weight excluding hydrogens is 779 g/mol. The lowest BCUT2D eigenvalue weighted by Crippen LogP contribution is -2.53. The largest absolute Gasteiger partial charge is 0.508 e. The Hall–Kier alpha value is -6.86. The minimum atomic E-state index is -1.71. The molecule has 0 radical (unpaired) electrons. The average molecular weight is 813 g/mol. The highest BCUT2D eigenvalue weighted by molar-refractivity contribution is 6.30. The Kier molecular flexibility index (Phi) is 9.27. The molecule has 9 rings (SSSR count). The van der Waals surface area contributed by atoms with Crippen LogP contribution in [0.1, 0.15) is 35.4 Å². The molecule has 6 unspecified atom stereocenters. The fourth-order valence-corrected chi connectivity index (χ4v) is 9.70. The van der Waals surface area contributed by atoms with E-state index in [-0.39, 0.29) is 42.3 Å². The van der Waals surface area contributed by atoms with Gasteiger partial charge in [-0.3, -0.25) is 39.6 Å². The number of aromatic hydroxyl groups is 1. The summed E-state index contributed by atoms with van der Waals surface area (Å²) in [6.45, 7) is 0.217. The molecule has 2 saturated heterocycles. The summed E-state index contributed by atoms with van der Waals surface area (Å²) in [5.74, 6) is -7.38. The number of carbonyl (C=O) groups excluding carboxylic acids is 4. The van der Waals surface area contributed by atoms with Crippen molar-refractivity contribution in [3.8, 4) is 11.5 Å². The van der Waals surface area contributed by atoms with Crippen LogP contribution in [-0.2, 0) is 31.2 Å². The highest BCUT2D eigenvalue weighted by Crippen LogP contribution is 2.65. The van der Waals surface area contributed by atoms with Crippen LogP contribution in [0.4, 0.5) is 21.5 Å². The van der Waals surface area contributed by atoms with Gasteiger partial charge < -0.3 is 9.84 Å². The summed E-state index contributed by atoms with van der Waals surface area (Å²) in [4.78, 5) is 70.9. The number of phenols is 1. The number of anilines is 2. The van der Waals surface area contributed by atoms with Gasteiger partial charge >= 0.3 is 0 Å². The minimum absolute atomic E-state index is 0.0234. The van der Waals surface area contributed by atoms with Gasteiger partial charge in [-0.15, -0.1) is 0 Å². The second-order valence-corrected chi connectivity index (χ2v) is 15.6. The number of halogens is 2. The van der Waals surface area contributed by atoms with Gasteiger partial charge in [-0.2, -0.15) is 5.01 Å². The Bertz CT molecular complexity index is 2570. The first kappa shape index (κ1) is 37.7. The SMILES string of the molecule is O=C1C2CC3C(=CCC4C(=O)N(c5ccc([N+](=O)[O-])cc5)C(=O)C43)C(c3ccc(OCc4ccccc4)cc3O)C2(c2ccc(Cl)cc2)C(=O)N1Nc1ccc(F)cc1. The molecular formula is C45H34ClFN4O8. The number of rotatable bonds is 9. The van der Waals surface area contributed by atoms with Gasteiger partial charge in [0.1, 0.15) is 23.9 Å². The number of non-ortho nitro benzene ring substituents is 1. The summed E-state index contributed by atoms with van der Waals surface area (Å²) in [7, 11) is 0. The standard InChI is InChI=1S/C45H34ClFN4O8/c46-27-8-6-26(7-9-27)45-37(42(54)50(44(45)56)48-29-12-10-28(47)11-13-29)23-36-33(40(45)34-19-18-32(22-38(34)52)59-24-25-4-2-1-3-5-25)20-21-35-39(36)43(55)49(41(35)53)30-14-16-31(17-15-30)51(57)58/h1-20,22,35-37,39-40,48,52H,21,23-24H2. The van der Waals surface area contributed by atoms with E-state index in [2.05, 4.69) is 5.43 Å². The summed E-state index contributed by atoms with van der Waals surface area (Å²) >= 11 is 6.39. The molecule has 4 aliphatic rings. The molecule has 0 aromatic heterocycles. The Labute approximate surface area is 341 Å². The van der Waals surface area contributed by atoms with E-state index < -0.39 is 69.4 Å². The normalized spacial score (nSPS) is 24.6. The number of hydrogen-bond acceptors (Lipinski definition) is 9. The number of nitrogens with zero attached hydrogens (tertiary/aromatic N) is 3.